The molecule has 0 aliphatic carbocycles. The monoisotopic (exact) mass is 216 g/mol. The predicted octanol–water partition coefficient (Wildman–Crippen LogP) is -0.763. The van der Waals surface area contributed by atoms with E-state index < -0.39 is 5.60 Å². The number of nitrogens with one attached hydrogen (secondary N) is 1. The van der Waals surface area contributed by atoms with Crippen molar-refractivity contribution in [2.75, 3.05) is 19.8 Å². The maximum absolute atomic E-state index is 11.5. The van der Waals surface area contributed by atoms with Crippen LogP contribution in [0.25, 0.3) is 0 Å². The predicted molar refractivity (Wildman–Crippen MR) is 56.2 cm³/mol. The molecule has 4 N–H and O–H groups in total. The summed E-state index contributed by atoms with van der Waals surface area (Å²) in [6.45, 7) is 4.64. The molecular formula is C10H20N2O3. The fraction of sp³-hybridized carbons (Fsp3) is 0.900. The van der Waals surface area contributed by atoms with Crippen molar-refractivity contribution in [3.05, 3.63) is 0 Å². The minimum Gasteiger partial charge on any atom is -0.386 e. The number of amides is 1. The van der Waals surface area contributed by atoms with E-state index in [0.29, 0.717) is 19.6 Å². The zero-order chi connectivity index (χ0) is 11.5. The number of ether oxygens (including phenoxy) is 1. The molecule has 0 aromatic carbocycles. The van der Waals surface area contributed by atoms with E-state index in [4.69, 9.17) is 10.5 Å². The van der Waals surface area contributed by atoms with Crippen molar-refractivity contribution < 1.29 is 14.6 Å². The topological polar surface area (TPSA) is 84.6 Å². The molecule has 1 amide bonds. The van der Waals surface area contributed by atoms with Crippen LogP contribution in [0.3, 0.4) is 0 Å². The van der Waals surface area contributed by atoms with E-state index in [1.54, 1.807) is 13.8 Å². The summed E-state index contributed by atoms with van der Waals surface area (Å²) in [6.07, 6.45) is 0.569. The average molecular weight is 216 g/mol. The summed E-state index contributed by atoms with van der Waals surface area (Å²) in [4.78, 5) is 11.5. The van der Waals surface area contributed by atoms with Crippen LogP contribution in [0.1, 0.15) is 20.3 Å². The second-order valence-corrected chi connectivity index (χ2v) is 4.39. The smallest absolute Gasteiger partial charge is 0.224 e. The van der Waals surface area contributed by atoms with Gasteiger partial charge in [0.15, 0.2) is 0 Å². The summed E-state index contributed by atoms with van der Waals surface area (Å²) >= 11 is 0. The Kier molecular flexibility index (Phi) is 4.07. The third kappa shape index (κ3) is 3.44. The quantitative estimate of drug-likeness (QED) is 0.576. The van der Waals surface area contributed by atoms with Gasteiger partial charge in [0.05, 0.1) is 6.61 Å². The second kappa shape index (κ2) is 4.92. The van der Waals surface area contributed by atoms with Crippen molar-refractivity contribution in [3.8, 4) is 0 Å². The van der Waals surface area contributed by atoms with E-state index in [9.17, 15) is 9.90 Å². The van der Waals surface area contributed by atoms with Gasteiger partial charge in [-0.2, -0.15) is 0 Å². The van der Waals surface area contributed by atoms with Gasteiger partial charge in [-0.3, -0.25) is 4.79 Å². The van der Waals surface area contributed by atoms with Crippen LogP contribution in [-0.4, -0.2) is 42.4 Å². The Morgan fingerprint density at radius 3 is 2.80 bits per heavy atom. The first-order valence-corrected chi connectivity index (χ1v) is 5.28. The molecule has 1 fully saturated rings. The number of nitrogens with two attached hydrogens (primary N) is 1. The van der Waals surface area contributed by atoms with Crippen LogP contribution in [0.5, 0.6) is 0 Å². The van der Waals surface area contributed by atoms with Crippen LogP contribution in [0.4, 0.5) is 0 Å². The lowest BCUT2D eigenvalue weighted by atomic mass is 10.0. The van der Waals surface area contributed by atoms with Gasteiger partial charge in [0.1, 0.15) is 5.60 Å². The molecule has 0 aromatic heterocycles. The molecule has 5 heteroatoms. The van der Waals surface area contributed by atoms with Crippen LogP contribution in [0, 0.1) is 5.92 Å². The lowest BCUT2D eigenvalue weighted by molar-refractivity contribution is -0.126. The molecule has 1 aliphatic rings. The number of hydrogen-bond donors (Lipinski definition) is 3. The summed E-state index contributed by atoms with van der Waals surface area (Å²) < 4.78 is 5.07. The van der Waals surface area contributed by atoms with Gasteiger partial charge < -0.3 is 20.9 Å². The van der Waals surface area contributed by atoms with Crippen molar-refractivity contribution >= 4 is 5.91 Å². The van der Waals surface area contributed by atoms with Gasteiger partial charge in [-0.25, -0.2) is 0 Å². The lowest BCUT2D eigenvalue weighted by Crippen LogP contribution is -2.47. The van der Waals surface area contributed by atoms with Crippen molar-refractivity contribution in [2.45, 2.75) is 31.9 Å². The molecule has 0 spiro atoms. The zero-order valence-electron chi connectivity index (χ0n) is 9.32. The first-order chi connectivity index (χ1) is 6.94. The number of carbonyl (C=O) groups excluding carboxylic acids is 1. The van der Waals surface area contributed by atoms with Crippen molar-refractivity contribution in [3.63, 3.8) is 0 Å². The maximum Gasteiger partial charge on any atom is 0.224 e. The molecule has 1 saturated heterocycles. The van der Waals surface area contributed by atoms with Crippen LogP contribution in [0.2, 0.25) is 0 Å². The molecular weight excluding hydrogens is 196 g/mol. The summed E-state index contributed by atoms with van der Waals surface area (Å²) in [5, 5.41) is 12.6. The van der Waals surface area contributed by atoms with E-state index >= 15 is 0 Å². The van der Waals surface area contributed by atoms with Gasteiger partial charge in [0.2, 0.25) is 5.91 Å². The van der Waals surface area contributed by atoms with E-state index in [-0.39, 0.29) is 24.4 Å². The highest BCUT2D eigenvalue weighted by molar-refractivity contribution is 5.78. The van der Waals surface area contributed by atoms with Gasteiger partial charge in [-0.05, 0) is 6.92 Å². The number of carbonyl (C=O) groups is 1. The molecule has 1 heterocycles. The van der Waals surface area contributed by atoms with E-state index in [1.165, 1.54) is 0 Å². The van der Waals surface area contributed by atoms with E-state index in [0.717, 1.165) is 0 Å². The Morgan fingerprint density at radius 2 is 2.33 bits per heavy atom. The third-order valence-electron chi connectivity index (χ3n) is 2.88. The molecule has 1 aliphatic heterocycles. The van der Waals surface area contributed by atoms with Gasteiger partial charge in [-0.1, -0.05) is 6.92 Å². The first-order valence-electron chi connectivity index (χ1n) is 5.28. The molecule has 88 valence electrons. The normalized spacial score (nSPS) is 29.9. The van der Waals surface area contributed by atoms with Crippen LogP contribution >= 0.6 is 0 Å². The Morgan fingerprint density at radius 1 is 1.67 bits per heavy atom. The molecule has 0 saturated carbocycles. The minimum atomic E-state index is -0.896. The Labute approximate surface area is 90.0 Å². The Balaban J connectivity index is 2.33. The summed E-state index contributed by atoms with van der Waals surface area (Å²) in [7, 11) is 0. The Hall–Kier alpha value is -0.650. The summed E-state index contributed by atoms with van der Waals surface area (Å²) in [6, 6.07) is -0.181. The lowest BCUT2D eigenvalue weighted by Gasteiger charge is -2.23. The molecule has 0 radical (unpaired) electrons. The van der Waals surface area contributed by atoms with E-state index in [1.807, 2.05) is 0 Å². The van der Waals surface area contributed by atoms with Gasteiger partial charge in [0.25, 0.3) is 0 Å². The first kappa shape index (κ1) is 12.4. The molecule has 3 atom stereocenters. The van der Waals surface area contributed by atoms with Gasteiger partial charge in [0, 0.05) is 31.5 Å². The van der Waals surface area contributed by atoms with Crippen LogP contribution < -0.4 is 11.1 Å². The van der Waals surface area contributed by atoms with Crippen molar-refractivity contribution in [1.82, 2.24) is 5.32 Å². The fourth-order valence-electron chi connectivity index (χ4n) is 1.39. The zero-order valence-corrected chi connectivity index (χ0v) is 9.32. The van der Waals surface area contributed by atoms with Crippen molar-refractivity contribution in [2.24, 2.45) is 11.7 Å². The standard InChI is InChI=1S/C10H20N2O3/c1-7(8(2)11)9(13)12-5-10(14)3-4-15-6-10/h7-8,14H,3-6,11H2,1-2H3,(H,12,13). The van der Waals surface area contributed by atoms with Crippen LogP contribution in [-0.2, 0) is 9.53 Å². The molecule has 0 aromatic rings. The number of aliphatic hydroxyl groups is 1. The molecule has 3 unspecified atom stereocenters. The van der Waals surface area contributed by atoms with Crippen molar-refractivity contribution in [1.29, 1.82) is 0 Å². The maximum atomic E-state index is 11.5. The third-order valence-corrected chi connectivity index (χ3v) is 2.88. The fourth-order valence-corrected chi connectivity index (χ4v) is 1.39. The van der Waals surface area contributed by atoms with Gasteiger partial charge in [-0.15, -0.1) is 0 Å². The molecule has 5 nitrogen and oxygen atoms in total. The average Bonchev–Trinajstić information content (AvgIpc) is 2.61. The van der Waals surface area contributed by atoms with Crippen LogP contribution in [0.15, 0.2) is 0 Å². The largest absolute Gasteiger partial charge is 0.386 e. The number of hydrogen-bond acceptors (Lipinski definition) is 4. The second-order valence-electron chi connectivity index (χ2n) is 4.39. The molecule has 15 heavy (non-hydrogen) atoms. The molecule has 1 rings (SSSR count). The summed E-state index contributed by atoms with van der Waals surface area (Å²) in [5.74, 6) is -0.360. The highest BCUT2D eigenvalue weighted by Crippen LogP contribution is 2.17. The minimum absolute atomic E-state index is 0.120. The molecule has 0 bridgehead atoms. The summed E-state index contributed by atoms with van der Waals surface area (Å²) in [5.41, 5.74) is 4.71. The van der Waals surface area contributed by atoms with Gasteiger partial charge >= 0.3 is 0 Å². The highest BCUT2D eigenvalue weighted by atomic mass is 16.5. The number of rotatable bonds is 4. The Bertz CT molecular complexity index is 225. The highest BCUT2D eigenvalue weighted by Gasteiger charge is 2.33. The van der Waals surface area contributed by atoms with E-state index in [2.05, 4.69) is 5.32 Å². The SMILES string of the molecule is CC(N)C(C)C(=O)NCC1(O)CCOC1.